The molecule has 0 radical (unpaired) electrons. The van der Waals surface area contributed by atoms with Crippen LogP contribution >= 0.6 is 0 Å². The van der Waals surface area contributed by atoms with Gasteiger partial charge in [0.2, 0.25) is 11.8 Å². The molecule has 1 saturated heterocycles. The van der Waals surface area contributed by atoms with Gasteiger partial charge in [-0.1, -0.05) is 0 Å². The smallest absolute Gasteiger partial charge is 0.242 e. The number of likely N-dealkylation sites (tertiary alicyclic amines) is 1. The van der Waals surface area contributed by atoms with Crippen molar-refractivity contribution >= 4 is 5.91 Å². The Morgan fingerprint density at radius 1 is 1.32 bits per heavy atom. The second-order valence-corrected chi connectivity index (χ2v) is 6.72. The van der Waals surface area contributed by atoms with Crippen LogP contribution < -0.4 is 10.5 Å². The molecule has 1 aliphatic heterocycles. The number of nitrogens with zero attached hydrogens (tertiary/aromatic N) is 3. The van der Waals surface area contributed by atoms with E-state index in [0.717, 1.165) is 12.8 Å². The lowest BCUT2D eigenvalue weighted by molar-refractivity contribution is -0.136. The molecule has 2 heterocycles. The molecule has 1 aromatic carbocycles. The third-order valence-corrected chi connectivity index (χ3v) is 4.07. The fourth-order valence-corrected chi connectivity index (χ4v) is 2.88. The summed E-state index contributed by atoms with van der Waals surface area (Å²) in [5.41, 5.74) is 5.69. The van der Waals surface area contributed by atoms with Crippen LogP contribution in [0.2, 0.25) is 0 Å². The predicted octanol–water partition coefficient (Wildman–Crippen LogP) is 2.81. The molecule has 132 valence electrons. The van der Waals surface area contributed by atoms with Crippen molar-refractivity contribution in [2.24, 2.45) is 5.73 Å². The third kappa shape index (κ3) is 3.93. The Hall–Kier alpha value is -2.54. The highest BCUT2D eigenvalue weighted by atomic mass is 19.1. The number of carbonyl (C=O) groups excluding carboxylic acids is 1. The van der Waals surface area contributed by atoms with E-state index in [9.17, 15) is 9.18 Å². The van der Waals surface area contributed by atoms with Gasteiger partial charge in [0, 0.05) is 6.54 Å². The second kappa shape index (κ2) is 6.76. The van der Waals surface area contributed by atoms with E-state index in [1.54, 1.807) is 24.9 Å². The number of hydrogen-bond donors (Lipinski definition) is 1. The molecule has 0 unspecified atom stereocenters. The summed E-state index contributed by atoms with van der Waals surface area (Å²) >= 11 is 0. The number of hydrogen-bond acceptors (Lipinski definition) is 5. The van der Waals surface area contributed by atoms with Gasteiger partial charge >= 0.3 is 0 Å². The zero-order valence-corrected chi connectivity index (χ0v) is 14.3. The number of aromatic nitrogens is 2. The first-order valence-electron chi connectivity index (χ1n) is 8.20. The van der Waals surface area contributed by atoms with Gasteiger partial charge in [-0.25, -0.2) is 9.37 Å². The fraction of sp³-hybridized carbons (Fsp3) is 0.389. The van der Waals surface area contributed by atoms with E-state index >= 15 is 0 Å². The molecule has 6 nitrogen and oxygen atoms in total. The van der Waals surface area contributed by atoms with Crippen LogP contribution in [-0.2, 0) is 4.79 Å². The van der Waals surface area contributed by atoms with Crippen molar-refractivity contribution in [1.82, 2.24) is 14.9 Å². The molecule has 25 heavy (non-hydrogen) atoms. The maximum absolute atomic E-state index is 13.0. The number of carbonyl (C=O) groups is 1. The minimum Gasteiger partial charge on any atom is -0.437 e. The fourth-order valence-electron chi connectivity index (χ4n) is 2.88. The summed E-state index contributed by atoms with van der Waals surface area (Å²) in [7, 11) is 0. The Morgan fingerprint density at radius 2 is 2.04 bits per heavy atom. The largest absolute Gasteiger partial charge is 0.437 e. The number of ether oxygens (including phenoxy) is 1. The summed E-state index contributed by atoms with van der Waals surface area (Å²) < 4.78 is 18.6. The number of amides is 1. The highest BCUT2D eigenvalue weighted by molar-refractivity contribution is 5.85. The van der Waals surface area contributed by atoms with E-state index in [4.69, 9.17) is 10.5 Å². The Labute approximate surface area is 145 Å². The molecule has 1 aromatic heterocycles. The molecule has 0 aliphatic carbocycles. The van der Waals surface area contributed by atoms with Crippen molar-refractivity contribution in [3.8, 4) is 11.6 Å². The second-order valence-electron chi connectivity index (χ2n) is 6.72. The van der Waals surface area contributed by atoms with E-state index < -0.39 is 5.54 Å². The number of nitrogens with two attached hydrogens (primary N) is 1. The first-order chi connectivity index (χ1) is 11.8. The van der Waals surface area contributed by atoms with Crippen molar-refractivity contribution in [2.45, 2.75) is 38.3 Å². The highest BCUT2D eigenvalue weighted by Crippen LogP contribution is 2.33. The number of rotatable bonds is 4. The lowest BCUT2D eigenvalue weighted by atomic mass is 10.0. The standard InChI is InChI=1S/C18H21FN4O2/c1-18(2,20)17(24)23-9-3-4-15(23)14-10-21-11-16(22-14)25-13-7-5-12(19)6-8-13/h5-8,10-11,15H,3-4,9,20H2,1-2H3/t15-/m1/s1. The monoisotopic (exact) mass is 344 g/mol. The van der Waals surface area contributed by atoms with Gasteiger partial charge in [0.15, 0.2) is 0 Å². The molecular formula is C18H21FN4O2. The summed E-state index contributed by atoms with van der Waals surface area (Å²) in [6, 6.07) is 5.50. The Bertz CT molecular complexity index is 758. The van der Waals surface area contributed by atoms with Crippen LogP contribution in [0.4, 0.5) is 4.39 Å². The van der Waals surface area contributed by atoms with Crippen LogP contribution in [0.3, 0.4) is 0 Å². The van der Waals surface area contributed by atoms with Gasteiger partial charge in [-0.3, -0.25) is 9.78 Å². The van der Waals surface area contributed by atoms with Crippen molar-refractivity contribution < 1.29 is 13.9 Å². The zero-order valence-electron chi connectivity index (χ0n) is 14.3. The zero-order chi connectivity index (χ0) is 18.0. The van der Waals surface area contributed by atoms with Gasteiger partial charge in [-0.15, -0.1) is 0 Å². The van der Waals surface area contributed by atoms with Gasteiger partial charge < -0.3 is 15.4 Å². The topological polar surface area (TPSA) is 81.3 Å². The quantitative estimate of drug-likeness (QED) is 0.922. The molecule has 1 atom stereocenters. The minimum absolute atomic E-state index is 0.110. The molecular weight excluding hydrogens is 323 g/mol. The number of benzene rings is 1. The first kappa shape index (κ1) is 17.3. The maximum Gasteiger partial charge on any atom is 0.242 e. The van der Waals surface area contributed by atoms with Gasteiger partial charge in [-0.05, 0) is 51.0 Å². The Morgan fingerprint density at radius 3 is 2.72 bits per heavy atom. The van der Waals surface area contributed by atoms with E-state index in [1.807, 2.05) is 0 Å². The maximum atomic E-state index is 13.0. The van der Waals surface area contributed by atoms with Crippen LogP contribution in [0, 0.1) is 5.82 Å². The van der Waals surface area contributed by atoms with Gasteiger partial charge in [-0.2, -0.15) is 0 Å². The molecule has 7 heteroatoms. The van der Waals surface area contributed by atoms with Crippen molar-refractivity contribution in [2.75, 3.05) is 6.54 Å². The summed E-state index contributed by atoms with van der Waals surface area (Å²) in [4.78, 5) is 22.9. The summed E-state index contributed by atoms with van der Waals surface area (Å²) in [5, 5.41) is 0. The average molecular weight is 344 g/mol. The van der Waals surface area contributed by atoms with Gasteiger partial charge in [0.25, 0.3) is 0 Å². The molecule has 1 amide bonds. The van der Waals surface area contributed by atoms with E-state index in [1.165, 1.54) is 30.5 Å². The number of halogens is 1. The SMILES string of the molecule is CC(C)(N)C(=O)N1CCC[C@@H]1c1cncc(Oc2ccc(F)cc2)n1. The lowest BCUT2D eigenvalue weighted by Gasteiger charge is -2.30. The molecule has 2 aromatic rings. The van der Waals surface area contributed by atoms with Crippen LogP contribution in [0.5, 0.6) is 11.6 Å². The summed E-state index contributed by atoms with van der Waals surface area (Å²) in [6.45, 7) is 4.05. The van der Waals surface area contributed by atoms with Crippen molar-refractivity contribution in [3.63, 3.8) is 0 Å². The van der Waals surface area contributed by atoms with Gasteiger partial charge in [0.1, 0.15) is 11.6 Å². The summed E-state index contributed by atoms with van der Waals surface area (Å²) in [6.07, 6.45) is 4.81. The molecule has 2 N–H and O–H groups in total. The van der Waals surface area contributed by atoms with Crippen LogP contribution in [0.15, 0.2) is 36.7 Å². The molecule has 0 bridgehead atoms. The van der Waals surface area contributed by atoms with E-state index in [-0.39, 0.29) is 17.8 Å². The van der Waals surface area contributed by atoms with E-state index in [0.29, 0.717) is 23.9 Å². The van der Waals surface area contributed by atoms with Crippen molar-refractivity contribution in [1.29, 1.82) is 0 Å². The normalized spacial score (nSPS) is 17.6. The lowest BCUT2D eigenvalue weighted by Crippen LogP contribution is -2.50. The molecule has 3 rings (SSSR count). The summed E-state index contributed by atoms with van der Waals surface area (Å²) in [5.74, 6) is 0.323. The molecule has 1 fully saturated rings. The molecule has 0 saturated carbocycles. The predicted molar refractivity (Wildman–Crippen MR) is 90.5 cm³/mol. The molecule has 1 aliphatic rings. The third-order valence-electron chi connectivity index (χ3n) is 4.07. The van der Waals surface area contributed by atoms with Crippen LogP contribution in [0.1, 0.15) is 38.4 Å². The van der Waals surface area contributed by atoms with Gasteiger partial charge in [0.05, 0.1) is 29.7 Å². The van der Waals surface area contributed by atoms with E-state index in [2.05, 4.69) is 9.97 Å². The first-order valence-corrected chi connectivity index (χ1v) is 8.20. The van der Waals surface area contributed by atoms with Crippen LogP contribution in [-0.4, -0.2) is 32.9 Å². The average Bonchev–Trinajstić information content (AvgIpc) is 3.05. The van der Waals surface area contributed by atoms with Crippen molar-refractivity contribution in [3.05, 3.63) is 48.2 Å². The Balaban J connectivity index is 1.80. The van der Waals surface area contributed by atoms with Crippen LogP contribution in [0.25, 0.3) is 0 Å². The minimum atomic E-state index is -0.932. The Kier molecular flexibility index (Phi) is 4.67. The highest BCUT2D eigenvalue weighted by Gasteiger charge is 2.37. The molecule has 0 spiro atoms.